The Morgan fingerprint density at radius 3 is 2.90 bits per heavy atom. The molecule has 0 bridgehead atoms. The Kier molecular flexibility index (Phi) is 5.84. The van der Waals surface area contributed by atoms with Crippen molar-refractivity contribution in [1.29, 1.82) is 0 Å². The van der Waals surface area contributed by atoms with Crippen LogP contribution in [-0.4, -0.2) is 61.0 Å². The number of likely N-dealkylation sites (N-methyl/N-ethyl adjacent to an activating group) is 1. The second-order valence-electron chi connectivity index (χ2n) is 6.64. The number of ether oxygens (including phenoxy) is 1. The number of hydrogen-bond acceptors (Lipinski definition) is 4. The van der Waals surface area contributed by atoms with Crippen molar-refractivity contribution in [2.24, 2.45) is 5.92 Å². The van der Waals surface area contributed by atoms with Gasteiger partial charge in [0.15, 0.2) is 0 Å². The number of morpholine rings is 1. The summed E-state index contributed by atoms with van der Waals surface area (Å²) in [5, 5.41) is 13.2. The molecular formula is C16H32N2O2. The first-order chi connectivity index (χ1) is 9.65. The van der Waals surface area contributed by atoms with Gasteiger partial charge in [0, 0.05) is 18.1 Å². The fraction of sp³-hybridized carbons (Fsp3) is 1.00. The van der Waals surface area contributed by atoms with E-state index in [1.807, 2.05) is 7.05 Å². The van der Waals surface area contributed by atoms with Crippen LogP contribution in [0.15, 0.2) is 0 Å². The van der Waals surface area contributed by atoms with E-state index in [9.17, 15) is 5.11 Å². The van der Waals surface area contributed by atoms with Gasteiger partial charge in [-0.05, 0) is 52.1 Å². The van der Waals surface area contributed by atoms with Gasteiger partial charge in [0.05, 0.1) is 19.3 Å². The maximum absolute atomic E-state index is 9.77. The lowest BCUT2D eigenvalue weighted by Crippen LogP contribution is -2.52. The van der Waals surface area contributed by atoms with Crippen molar-refractivity contribution in [3.8, 4) is 0 Å². The van der Waals surface area contributed by atoms with Crippen molar-refractivity contribution in [3.63, 3.8) is 0 Å². The van der Waals surface area contributed by atoms with Gasteiger partial charge in [-0.3, -0.25) is 4.90 Å². The Labute approximate surface area is 123 Å². The molecule has 1 aliphatic carbocycles. The van der Waals surface area contributed by atoms with Gasteiger partial charge in [-0.2, -0.15) is 0 Å². The van der Waals surface area contributed by atoms with Crippen molar-refractivity contribution in [3.05, 3.63) is 0 Å². The Hall–Kier alpha value is -0.160. The normalized spacial score (nSPS) is 39.3. The Morgan fingerprint density at radius 1 is 1.45 bits per heavy atom. The van der Waals surface area contributed by atoms with Crippen LogP contribution < -0.4 is 5.32 Å². The van der Waals surface area contributed by atoms with Crippen LogP contribution in [0.3, 0.4) is 0 Å². The Morgan fingerprint density at radius 2 is 2.25 bits per heavy atom. The summed E-state index contributed by atoms with van der Waals surface area (Å²) >= 11 is 0. The molecule has 2 fully saturated rings. The summed E-state index contributed by atoms with van der Waals surface area (Å²) in [4.78, 5) is 2.60. The van der Waals surface area contributed by atoms with E-state index in [-0.39, 0.29) is 12.1 Å². The minimum Gasteiger partial charge on any atom is -0.394 e. The summed E-state index contributed by atoms with van der Waals surface area (Å²) in [6.45, 7) is 7.75. The van der Waals surface area contributed by atoms with Crippen molar-refractivity contribution in [1.82, 2.24) is 10.2 Å². The van der Waals surface area contributed by atoms with Crippen LogP contribution in [-0.2, 0) is 4.74 Å². The smallest absolute Gasteiger partial charge is 0.0674 e. The van der Waals surface area contributed by atoms with Gasteiger partial charge >= 0.3 is 0 Å². The largest absolute Gasteiger partial charge is 0.394 e. The summed E-state index contributed by atoms with van der Waals surface area (Å²) in [5.74, 6) is 0.605. The highest BCUT2D eigenvalue weighted by Gasteiger charge is 2.41. The lowest BCUT2D eigenvalue weighted by atomic mass is 9.85. The minimum absolute atomic E-state index is 0.0282. The van der Waals surface area contributed by atoms with Gasteiger partial charge in [-0.1, -0.05) is 13.3 Å². The van der Waals surface area contributed by atoms with E-state index < -0.39 is 0 Å². The highest BCUT2D eigenvalue weighted by atomic mass is 16.5. The average molecular weight is 284 g/mol. The predicted molar refractivity (Wildman–Crippen MR) is 81.9 cm³/mol. The molecule has 0 aromatic rings. The second-order valence-corrected chi connectivity index (χ2v) is 6.64. The third-order valence-corrected chi connectivity index (χ3v) is 5.55. The SMILES string of the molecule is CCC1COC(C)CN1CCC1CCCC1(CO)NC. The molecule has 0 aromatic carbocycles. The summed E-state index contributed by atoms with van der Waals surface area (Å²) in [5.41, 5.74) is -0.0282. The molecule has 4 unspecified atom stereocenters. The molecule has 1 aliphatic heterocycles. The van der Waals surface area contributed by atoms with E-state index in [4.69, 9.17) is 4.74 Å². The molecule has 118 valence electrons. The van der Waals surface area contributed by atoms with E-state index in [0.717, 1.165) is 32.5 Å². The highest BCUT2D eigenvalue weighted by Crippen LogP contribution is 2.37. The monoisotopic (exact) mass is 284 g/mol. The number of nitrogens with zero attached hydrogens (tertiary/aromatic N) is 1. The fourth-order valence-electron chi connectivity index (χ4n) is 4.07. The molecule has 2 N–H and O–H groups in total. The van der Waals surface area contributed by atoms with Gasteiger partial charge < -0.3 is 15.2 Å². The molecule has 20 heavy (non-hydrogen) atoms. The Bertz CT molecular complexity index is 294. The zero-order chi connectivity index (χ0) is 14.6. The molecule has 4 atom stereocenters. The summed E-state index contributed by atoms with van der Waals surface area (Å²) in [7, 11) is 2.00. The first-order valence-electron chi connectivity index (χ1n) is 8.30. The number of nitrogens with one attached hydrogen (secondary N) is 1. The molecule has 0 aromatic heterocycles. The second kappa shape index (κ2) is 7.21. The third kappa shape index (κ3) is 3.35. The molecule has 4 heteroatoms. The molecular weight excluding hydrogens is 252 g/mol. The third-order valence-electron chi connectivity index (χ3n) is 5.55. The van der Waals surface area contributed by atoms with Crippen molar-refractivity contribution >= 4 is 0 Å². The Balaban J connectivity index is 1.90. The molecule has 1 saturated carbocycles. The van der Waals surface area contributed by atoms with Crippen LogP contribution in [0.2, 0.25) is 0 Å². The van der Waals surface area contributed by atoms with Gasteiger partial charge in [0.2, 0.25) is 0 Å². The number of hydrogen-bond donors (Lipinski definition) is 2. The molecule has 0 spiro atoms. The minimum atomic E-state index is -0.0282. The first-order valence-corrected chi connectivity index (χ1v) is 8.30. The number of rotatable bonds is 6. The first kappa shape index (κ1) is 16.2. The lowest BCUT2D eigenvalue weighted by molar-refractivity contribution is -0.0583. The highest BCUT2D eigenvalue weighted by molar-refractivity contribution is 4.98. The summed E-state index contributed by atoms with van der Waals surface area (Å²) in [6, 6.07) is 0.575. The van der Waals surface area contributed by atoms with E-state index in [2.05, 4.69) is 24.1 Å². The summed E-state index contributed by atoms with van der Waals surface area (Å²) < 4.78 is 5.77. The summed E-state index contributed by atoms with van der Waals surface area (Å²) in [6.07, 6.45) is 6.30. The zero-order valence-corrected chi connectivity index (χ0v) is 13.4. The molecule has 2 rings (SSSR count). The molecule has 0 amide bonds. The van der Waals surface area contributed by atoms with Crippen LogP contribution in [0, 0.1) is 5.92 Å². The van der Waals surface area contributed by atoms with Crippen molar-refractivity contribution in [2.75, 3.05) is 33.4 Å². The number of aliphatic hydroxyl groups excluding tert-OH is 1. The molecule has 4 nitrogen and oxygen atoms in total. The van der Waals surface area contributed by atoms with E-state index >= 15 is 0 Å². The van der Waals surface area contributed by atoms with E-state index in [0.29, 0.717) is 18.1 Å². The van der Waals surface area contributed by atoms with Gasteiger partial charge in [-0.25, -0.2) is 0 Å². The van der Waals surface area contributed by atoms with Crippen molar-refractivity contribution in [2.45, 2.75) is 63.6 Å². The maximum Gasteiger partial charge on any atom is 0.0674 e. The van der Waals surface area contributed by atoms with Gasteiger partial charge in [0.1, 0.15) is 0 Å². The van der Waals surface area contributed by atoms with Crippen LogP contribution in [0.25, 0.3) is 0 Å². The van der Waals surface area contributed by atoms with Crippen LogP contribution >= 0.6 is 0 Å². The van der Waals surface area contributed by atoms with Gasteiger partial charge in [0.25, 0.3) is 0 Å². The lowest BCUT2D eigenvalue weighted by Gasteiger charge is -2.40. The van der Waals surface area contributed by atoms with E-state index in [1.54, 1.807) is 0 Å². The van der Waals surface area contributed by atoms with Crippen LogP contribution in [0.1, 0.15) is 46.0 Å². The van der Waals surface area contributed by atoms with Crippen molar-refractivity contribution < 1.29 is 9.84 Å². The molecule has 0 radical (unpaired) electrons. The molecule has 2 aliphatic rings. The standard InChI is InChI=1S/C16H32N2O2/c1-4-15-11-20-13(2)10-18(15)9-7-14-6-5-8-16(14,12-19)17-3/h13-15,17,19H,4-12H2,1-3H3. The van der Waals surface area contributed by atoms with E-state index in [1.165, 1.54) is 19.3 Å². The number of aliphatic hydroxyl groups is 1. The van der Waals surface area contributed by atoms with Crippen LogP contribution in [0.4, 0.5) is 0 Å². The average Bonchev–Trinajstić information content (AvgIpc) is 2.88. The van der Waals surface area contributed by atoms with Gasteiger partial charge in [-0.15, -0.1) is 0 Å². The molecule has 1 saturated heterocycles. The quantitative estimate of drug-likeness (QED) is 0.778. The maximum atomic E-state index is 9.77. The fourth-order valence-corrected chi connectivity index (χ4v) is 4.07. The topological polar surface area (TPSA) is 44.7 Å². The van der Waals surface area contributed by atoms with Crippen LogP contribution in [0.5, 0.6) is 0 Å². The zero-order valence-electron chi connectivity index (χ0n) is 13.4. The molecule has 1 heterocycles. The predicted octanol–water partition coefficient (Wildman–Crippen LogP) is 1.63.